The van der Waals surface area contributed by atoms with Crippen LogP contribution >= 0.6 is 11.6 Å². The highest BCUT2D eigenvalue weighted by Crippen LogP contribution is 2.11. The fraction of sp³-hybridized carbons (Fsp3) is 0.158. The van der Waals surface area contributed by atoms with E-state index in [0.717, 1.165) is 16.9 Å². The largest absolute Gasteiger partial charge is 0.497 e. The van der Waals surface area contributed by atoms with E-state index in [9.17, 15) is 4.79 Å². The lowest BCUT2D eigenvalue weighted by Gasteiger charge is -2.06. The van der Waals surface area contributed by atoms with Crippen molar-refractivity contribution in [3.63, 3.8) is 0 Å². The van der Waals surface area contributed by atoms with Crippen LogP contribution in [-0.2, 0) is 17.9 Å². The third-order valence-corrected chi connectivity index (χ3v) is 3.65. The van der Waals surface area contributed by atoms with E-state index in [1.807, 2.05) is 48.5 Å². The minimum absolute atomic E-state index is 0.00976. The molecule has 0 aromatic heterocycles. The number of hydrogen-bond donors (Lipinski definition) is 2. The zero-order valence-corrected chi connectivity index (χ0v) is 14.5. The monoisotopic (exact) mass is 355 g/mol. The third kappa shape index (κ3) is 5.87. The smallest absolute Gasteiger partial charge is 0.263 e. The van der Waals surface area contributed by atoms with Crippen LogP contribution in [0.2, 0.25) is 5.02 Å². The molecule has 0 fully saturated rings. The fourth-order valence-corrected chi connectivity index (χ4v) is 2.30. The summed E-state index contributed by atoms with van der Waals surface area (Å²) >= 11 is 5.92. The Balaban J connectivity index is 1.87. The second kappa shape index (κ2) is 9.36. The topological polar surface area (TPSA) is 74.1 Å². The lowest BCUT2D eigenvalue weighted by molar-refractivity contribution is -0.117. The van der Waals surface area contributed by atoms with Gasteiger partial charge in [-0.3, -0.25) is 4.79 Å². The Labute approximate surface area is 151 Å². The third-order valence-electron chi connectivity index (χ3n) is 3.42. The molecule has 6 heteroatoms. The number of rotatable bonds is 7. The van der Waals surface area contributed by atoms with Gasteiger partial charge in [0.2, 0.25) is 0 Å². The molecule has 0 radical (unpaired) electrons. The van der Waals surface area contributed by atoms with Gasteiger partial charge in [0, 0.05) is 24.3 Å². The first kappa shape index (κ1) is 18.4. The van der Waals surface area contributed by atoms with Crippen molar-refractivity contribution < 1.29 is 9.53 Å². The van der Waals surface area contributed by atoms with Crippen LogP contribution in [0.4, 0.5) is 0 Å². The summed E-state index contributed by atoms with van der Waals surface area (Å²) in [5, 5.41) is 15.5. The molecular weight excluding hydrogens is 338 g/mol. The summed E-state index contributed by atoms with van der Waals surface area (Å²) in [6.07, 6.45) is 1.41. The average molecular weight is 356 g/mol. The van der Waals surface area contributed by atoms with Crippen LogP contribution in [0, 0.1) is 11.3 Å². The van der Waals surface area contributed by atoms with Crippen molar-refractivity contribution in [2.24, 2.45) is 0 Å². The number of methoxy groups -OCH3 is 1. The standard InChI is InChI=1S/C19H18ClN3O2/c1-25-18-7-5-14(6-8-18)12-23-19(24)16(10-21)13-22-11-15-3-2-4-17(20)9-15/h2-9,13,22H,11-12H2,1H3,(H,23,24)/b16-13-. The average Bonchev–Trinajstić information content (AvgIpc) is 2.64. The summed E-state index contributed by atoms with van der Waals surface area (Å²) in [7, 11) is 1.59. The van der Waals surface area contributed by atoms with Crippen LogP contribution in [0.15, 0.2) is 60.3 Å². The second-order valence-corrected chi connectivity index (χ2v) is 5.65. The molecular formula is C19H18ClN3O2. The Morgan fingerprint density at radius 1 is 1.20 bits per heavy atom. The Bertz CT molecular complexity index is 795. The van der Waals surface area contributed by atoms with E-state index in [1.165, 1.54) is 6.20 Å². The minimum atomic E-state index is -0.433. The summed E-state index contributed by atoms with van der Waals surface area (Å²) in [5.74, 6) is 0.315. The number of nitriles is 1. The van der Waals surface area contributed by atoms with Crippen molar-refractivity contribution in [3.05, 3.63) is 76.5 Å². The number of halogens is 1. The maximum absolute atomic E-state index is 12.1. The number of hydrogen-bond acceptors (Lipinski definition) is 4. The van der Waals surface area contributed by atoms with Crippen LogP contribution in [0.1, 0.15) is 11.1 Å². The van der Waals surface area contributed by atoms with Crippen LogP contribution < -0.4 is 15.4 Å². The van der Waals surface area contributed by atoms with Gasteiger partial charge in [0.25, 0.3) is 5.91 Å². The van der Waals surface area contributed by atoms with Crippen LogP contribution in [0.3, 0.4) is 0 Å². The van der Waals surface area contributed by atoms with E-state index in [2.05, 4.69) is 10.6 Å². The number of benzene rings is 2. The van der Waals surface area contributed by atoms with Gasteiger partial charge < -0.3 is 15.4 Å². The van der Waals surface area contributed by atoms with Gasteiger partial charge >= 0.3 is 0 Å². The molecule has 0 bridgehead atoms. The number of amides is 1. The molecule has 0 aliphatic rings. The molecule has 2 aromatic carbocycles. The molecule has 0 saturated heterocycles. The van der Waals surface area contributed by atoms with Gasteiger partial charge in [0.1, 0.15) is 17.4 Å². The Kier molecular flexibility index (Phi) is 6.87. The van der Waals surface area contributed by atoms with Crippen molar-refractivity contribution in [2.75, 3.05) is 7.11 Å². The van der Waals surface area contributed by atoms with E-state index in [1.54, 1.807) is 13.2 Å². The molecule has 2 N–H and O–H groups in total. The number of nitrogens with zero attached hydrogens (tertiary/aromatic N) is 1. The first-order valence-corrected chi connectivity index (χ1v) is 7.99. The zero-order valence-electron chi connectivity index (χ0n) is 13.8. The van der Waals surface area contributed by atoms with Crippen molar-refractivity contribution in [1.29, 1.82) is 5.26 Å². The second-order valence-electron chi connectivity index (χ2n) is 5.21. The zero-order chi connectivity index (χ0) is 18.1. The first-order chi connectivity index (χ1) is 12.1. The lowest BCUT2D eigenvalue weighted by Crippen LogP contribution is -2.25. The number of carbonyl (C=O) groups is 1. The fourth-order valence-electron chi connectivity index (χ4n) is 2.09. The Morgan fingerprint density at radius 2 is 1.96 bits per heavy atom. The predicted molar refractivity (Wildman–Crippen MR) is 96.8 cm³/mol. The summed E-state index contributed by atoms with van der Waals surface area (Å²) < 4.78 is 5.08. The molecule has 0 aliphatic carbocycles. The van der Waals surface area contributed by atoms with Gasteiger partial charge in [-0.2, -0.15) is 5.26 Å². The van der Waals surface area contributed by atoms with E-state index in [-0.39, 0.29) is 5.57 Å². The van der Waals surface area contributed by atoms with Gasteiger partial charge in [-0.15, -0.1) is 0 Å². The van der Waals surface area contributed by atoms with Crippen LogP contribution in [0.5, 0.6) is 5.75 Å². The highest BCUT2D eigenvalue weighted by Gasteiger charge is 2.08. The molecule has 0 aliphatic heterocycles. The van der Waals surface area contributed by atoms with Gasteiger partial charge in [-0.25, -0.2) is 0 Å². The summed E-state index contributed by atoms with van der Waals surface area (Å²) in [6.45, 7) is 0.799. The highest BCUT2D eigenvalue weighted by atomic mass is 35.5. The normalized spacial score (nSPS) is 10.7. The molecule has 5 nitrogen and oxygen atoms in total. The van der Waals surface area contributed by atoms with Crippen LogP contribution in [0.25, 0.3) is 0 Å². The molecule has 2 aromatic rings. The molecule has 0 saturated carbocycles. The summed E-state index contributed by atoms with van der Waals surface area (Å²) in [4.78, 5) is 12.1. The maximum atomic E-state index is 12.1. The predicted octanol–water partition coefficient (Wildman–Crippen LogP) is 3.16. The quantitative estimate of drug-likeness (QED) is 0.591. The van der Waals surface area contributed by atoms with E-state index in [0.29, 0.717) is 18.1 Å². The highest BCUT2D eigenvalue weighted by molar-refractivity contribution is 6.30. The first-order valence-electron chi connectivity index (χ1n) is 7.61. The molecule has 0 unspecified atom stereocenters. The summed E-state index contributed by atoms with van der Waals surface area (Å²) in [6, 6.07) is 16.6. The van der Waals surface area contributed by atoms with Gasteiger partial charge in [0.05, 0.1) is 7.11 Å². The molecule has 128 valence electrons. The molecule has 25 heavy (non-hydrogen) atoms. The maximum Gasteiger partial charge on any atom is 0.263 e. The molecule has 1 amide bonds. The molecule has 0 spiro atoms. The minimum Gasteiger partial charge on any atom is -0.497 e. The van der Waals surface area contributed by atoms with E-state index in [4.69, 9.17) is 21.6 Å². The van der Waals surface area contributed by atoms with Crippen molar-refractivity contribution in [3.8, 4) is 11.8 Å². The summed E-state index contributed by atoms with van der Waals surface area (Å²) in [5.41, 5.74) is 1.88. The van der Waals surface area contributed by atoms with Gasteiger partial charge in [0.15, 0.2) is 0 Å². The Morgan fingerprint density at radius 3 is 2.60 bits per heavy atom. The lowest BCUT2D eigenvalue weighted by atomic mass is 10.2. The van der Waals surface area contributed by atoms with Gasteiger partial charge in [-0.1, -0.05) is 35.9 Å². The molecule has 0 atom stereocenters. The number of ether oxygens (including phenoxy) is 1. The van der Waals surface area contributed by atoms with Gasteiger partial charge in [-0.05, 0) is 35.4 Å². The Hall–Kier alpha value is -2.97. The molecule has 2 rings (SSSR count). The van der Waals surface area contributed by atoms with Crippen molar-refractivity contribution in [1.82, 2.24) is 10.6 Å². The molecule has 0 heterocycles. The SMILES string of the molecule is COc1ccc(CNC(=O)/C(C#N)=C\NCc2cccc(Cl)c2)cc1. The number of carbonyl (C=O) groups excluding carboxylic acids is 1. The van der Waals surface area contributed by atoms with Crippen molar-refractivity contribution >= 4 is 17.5 Å². The van der Waals surface area contributed by atoms with Crippen molar-refractivity contribution in [2.45, 2.75) is 13.1 Å². The number of nitrogens with one attached hydrogen (secondary N) is 2. The van der Waals surface area contributed by atoms with E-state index < -0.39 is 5.91 Å². The van der Waals surface area contributed by atoms with Crippen LogP contribution in [-0.4, -0.2) is 13.0 Å². The van der Waals surface area contributed by atoms with E-state index >= 15 is 0 Å².